The van der Waals surface area contributed by atoms with E-state index in [4.69, 9.17) is 9.47 Å². The molecular formula is C22H35IN4O3. The van der Waals surface area contributed by atoms with Crippen molar-refractivity contribution in [2.24, 2.45) is 10.9 Å². The Morgan fingerprint density at radius 1 is 1.20 bits per heavy atom. The third-order valence-corrected chi connectivity index (χ3v) is 5.41. The number of nitrogens with one attached hydrogen (secondary N) is 2. The van der Waals surface area contributed by atoms with Crippen molar-refractivity contribution < 1.29 is 14.3 Å². The standard InChI is InChI=1S/C22H34N4O3.HI/c1-23-22(25-11-5-12-28-16-18-9-13-29-17-18)24-10-4-8-21(27)26-14-19-6-2-3-7-20(19)15-26;/h2-3,6-7,18H,4-5,8-17H2,1H3,(H2,23,24,25);1H. The fourth-order valence-electron chi connectivity index (χ4n) is 3.68. The number of guanidine groups is 1. The molecule has 8 heteroatoms. The van der Waals surface area contributed by atoms with Gasteiger partial charge in [0.2, 0.25) is 5.91 Å². The quantitative estimate of drug-likeness (QED) is 0.211. The van der Waals surface area contributed by atoms with Gasteiger partial charge in [-0.05, 0) is 30.4 Å². The predicted molar refractivity (Wildman–Crippen MR) is 129 cm³/mol. The third-order valence-electron chi connectivity index (χ3n) is 5.41. The van der Waals surface area contributed by atoms with Crippen LogP contribution < -0.4 is 10.6 Å². The summed E-state index contributed by atoms with van der Waals surface area (Å²) in [5.41, 5.74) is 2.54. The van der Waals surface area contributed by atoms with Crippen molar-refractivity contribution in [2.45, 2.75) is 38.8 Å². The average molecular weight is 530 g/mol. The molecule has 7 nitrogen and oxygen atoms in total. The zero-order valence-electron chi connectivity index (χ0n) is 17.9. The number of amides is 1. The predicted octanol–water partition coefficient (Wildman–Crippen LogP) is 2.54. The molecule has 2 aliphatic heterocycles. The van der Waals surface area contributed by atoms with Gasteiger partial charge in [0, 0.05) is 58.8 Å². The van der Waals surface area contributed by atoms with Gasteiger partial charge in [0.05, 0.1) is 13.2 Å². The molecule has 0 saturated carbocycles. The zero-order chi connectivity index (χ0) is 20.3. The lowest BCUT2D eigenvalue weighted by Crippen LogP contribution is -2.38. The first-order valence-electron chi connectivity index (χ1n) is 10.7. The second-order valence-corrected chi connectivity index (χ2v) is 7.71. The van der Waals surface area contributed by atoms with Gasteiger partial charge in [0.25, 0.3) is 0 Å². The summed E-state index contributed by atoms with van der Waals surface area (Å²) in [5.74, 6) is 1.56. The molecule has 30 heavy (non-hydrogen) atoms. The number of hydrogen-bond donors (Lipinski definition) is 2. The maximum Gasteiger partial charge on any atom is 0.223 e. The molecule has 1 unspecified atom stereocenters. The van der Waals surface area contributed by atoms with Crippen LogP contribution in [0, 0.1) is 5.92 Å². The smallest absolute Gasteiger partial charge is 0.223 e. The van der Waals surface area contributed by atoms with Crippen molar-refractivity contribution in [3.05, 3.63) is 35.4 Å². The Kier molecular flexibility index (Phi) is 11.5. The minimum Gasteiger partial charge on any atom is -0.381 e. The SMILES string of the molecule is CN=C(NCCCOCC1CCOC1)NCCCC(=O)N1Cc2ccccc2C1.I. The molecule has 1 aromatic rings. The summed E-state index contributed by atoms with van der Waals surface area (Å²) >= 11 is 0. The van der Waals surface area contributed by atoms with Gasteiger partial charge >= 0.3 is 0 Å². The van der Waals surface area contributed by atoms with Gasteiger partial charge in [0.1, 0.15) is 0 Å². The molecule has 0 radical (unpaired) electrons. The number of carbonyl (C=O) groups is 1. The molecule has 0 aromatic heterocycles. The molecule has 2 heterocycles. The maximum absolute atomic E-state index is 12.4. The van der Waals surface area contributed by atoms with E-state index in [0.717, 1.165) is 77.8 Å². The molecule has 0 spiro atoms. The van der Waals surface area contributed by atoms with E-state index in [1.807, 2.05) is 17.0 Å². The maximum atomic E-state index is 12.4. The number of rotatable bonds is 10. The molecule has 168 valence electrons. The highest BCUT2D eigenvalue weighted by Gasteiger charge is 2.22. The van der Waals surface area contributed by atoms with Crippen LogP contribution in [-0.4, -0.2) is 63.3 Å². The topological polar surface area (TPSA) is 75.2 Å². The number of benzene rings is 1. The monoisotopic (exact) mass is 530 g/mol. The first-order chi connectivity index (χ1) is 14.3. The van der Waals surface area contributed by atoms with Crippen molar-refractivity contribution in [2.75, 3.05) is 46.6 Å². The molecule has 2 N–H and O–H groups in total. The number of nitrogens with zero attached hydrogens (tertiary/aromatic N) is 2. The van der Waals surface area contributed by atoms with Crippen LogP contribution >= 0.6 is 24.0 Å². The summed E-state index contributed by atoms with van der Waals surface area (Å²) in [6.45, 7) is 6.26. The van der Waals surface area contributed by atoms with Crippen molar-refractivity contribution >= 4 is 35.8 Å². The number of aliphatic imine (C=N–C) groups is 1. The number of halogens is 1. The van der Waals surface area contributed by atoms with E-state index in [-0.39, 0.29) is 29.9 Å². The summed E-state index contributed by atoms with van der Waals surface area (Å²) in [6, 6.07) is 8.28. The Bertz CT molecular complexity index is 655. The van der Waals surface area contributed by atoms with Crippen molar-refractivity contribution in [3.8, 4) is 0 Å². The van der Waals surface area contributed by atoms with Crippen molar-refractivity contribution in [1.29, 1.82) is 0 Å². The van der Waals surface area contributed by atoms with E-state index in [9.17, 15) is 4.79 Å². The number of carbonyl (C=O) groups excluding carboxylic acids is 1. The van der Waals surface area contributed by atoms with Crippen LogP contribution in [0.4, 0.5) is 0 Å². The highest BCUT2D eigenvalue weighted by atomic mass is 127. The summed E-state index contributed by atoms with van der Waals surface area (Å²) in [5, 5.41) is 6.57. The zero-order valence-corrected chi connectivity index (χ0v) is 20.2. The molecule has 1 amide bonds. The van der Waals surface area contributed by atoms with Crippen LogP contribution in [-0.2, 0) is 27.4 Å². The van der Waals surface area contributed by atoms with Crippen LogP contribution in [0.3, 0.4) is 0 Å². The second kappa shape index (κ2) is 13.8. The van der Waals surface area contributed by atoms with Gasteiger partial charge in [-0.2, -0.15) is 0 Å². The number of ether oxygens (including phenoxy) is 2. The largest absolute Gasteiger partial charge is 0.381 e. The second-order valence-electron chi connectivity index (χ2n) is 7.71. The van der Waals surface area contributed by atoms with E-state index >= 15 is 0 Å². The molecule has 1 atom stereocenters. The Balaban J connectivity index is 0.00000320. The molecular weight excluding hydrogens is 495 g/mol. The van der Waals surface area contributed by atoms with Gasteiger partial charge in [-0.25, -0.2) is 0 Å². The van der Waals surface area contributed by atoms with Crippen molar-refractivity contribution in [3.63, 3.8) is 0 Å². The van der Waals surface area contributed by atoms with Gasteiger partial charge in [-0.1, -0.05) is 24.3 Å². The minimum absolute atomic E-state index is 0. The molecule has 1 saturated heterocycles. The summed E-state index contributed by atoms with van der Waals surface area (Å²) in [4.78, 5) is 18.6. The van der Waals surface area contributed by atoms with Gasteiger partial charge in [0.15, 0.2) is 5.96 Å². The lowest BCUT2D eigenvalue weighted by atomic mass is 10.1. The lowest BCUT2D eigenvalue weighted by molar-refractivity contribution is -0.131. The first-order valence-corrected chi connectivity index (χ1v) is 10.7. The number of fused-ring (bicyclic) bond motifs is 1. The lowest BCUT2D eigenvalue weighted by Gasteiger charge is -2.16. The van der Waals surface area contributed by atoms with Crippen LogP contribution in [0.5, 0.6) is 0 Å². The number of hydrogen-bond acceptors (Lipinski definition) is 4. The first kappa shape index (κ1) is 24.9. The van der Waals surface area contributed by atoms with Gasteiger partial charge in [-0.15, -0.1) is 24.0 Å². The highest BCUT2D eigenvalue weighted by Crippen LogP contribution is 2.22. The van der Waals surface area contributed by atoms with Gasteiger partial charge < -0.3 is 25.0 Å². The third kappa shape index (κ3) is 8.03. The average Bonchev–Trinajstić information content (AvgIpc) is 3.41. The molecule has 0 bridgehead atoms. The van der Waals surface area contributed by atoms with Crippen LogP contribution in [0.2, 0.25) is 0 Å². The molecule has 1 aromatic carbocycles. The van der Waals surface area contributed by atoms with Crippen LogP contribution in [0.15, 0.2) is 29.3 Å². The summed E-state index contributed by atoms with van der Waals surface area (Å²) in [6.07, 6.45) is 3.39. The Morgan fingerprint density at radius 3 is 2.53 bits per heavy atom. The summed E-state index contributed by atoms with van der Waals surface area (Å²) < 4.78 is 11.1. The van der Waals surface area contributed by atoms with E-state index < -0.39 is 0 Å². The Hall–Kier alpha value is -1.39. The van der Waals surface area contributed by atoms with Crippen LogP contribution in [0.1, 0.15) is 36.8 Å². The molecule has 0 aliphatic carbocycles. The van der Waals surface area contributed by atoms with Crippen molar-refractivity contribution in [1.82, 2.24) is 15.5 Å². The fraction of sp³-hybridized carbons (Fsp3) is 0.636. The Morgan fingerprint density at radius 2 is 1.90 bits per heavy atom. The normalized spacial score (nSPS) is 18.1. The van der Waals surface area contributed by atoms with Crippen LogP contribution in [0.25, 0.3) is 0 Å². The Labute approximate surface area is 197 Å². The summed E-state index contributed by atoms with van der Waals surface area (Å²) in [7, 11) is 1.76. The molecule has 1 fully saturated rings. The minimum atomic E-state index is 0. The molecule has 2 aliphatic rings. The van der Waals surface area contributed by atoms with E-state index in [1.54, 1.807) is 7.05 Å². The highest BCUT2D eigenvalue weighted by molar-refractivity contribution is 14.0. The van der Waals surface area contributed by atoms with E-state index in [1.165, 1.54) is 11.1 Å². The van der Waals surface area contributed by atoms with Gasteiger partial charge in [-0.3, -0.25) is 9.79 Å². The molecule has 3 rings (SSSR count). The van der Waals surface area contributed by atoms with E-state index in [0.29, 0.717) is 12.3 Å². The fourth-order valence-corrected chi connectivity index (χ4v) is 3.68. The van der Waals surface area contributed by atoms with E-state index in [2.05, 4.69) is 27.8 Å².